The SMILES string of the molecule is CCOc1cc(C2C3=CCC4C(=O)N(c5ccc(I)cc5)C(=O)C4C3CC3C(=O)N(c4ccc(F)c(Cl)c4)C(=O)C32C)ccc1O. The van der Waals surface area contributed by atoms with Gasteiger partial charge < -0.3 is 9.84 Å². The number of phenolic OH excluding ortho intramolecular Hbond substituents is 1. The Morgan fingerprint density at radius 1 is 0.957 bits per heavy atom. The predicted molar refractivity (Wildman–Crippen MR) is 177 cm³/mol. The number of nitrogens with zero attached hydrogens (tertiary/aromatic N) is 2. The minimum Gasteiger partial charge on any atom is -0.504 e. The summed E-state index contributed by atoms with van der Waals surface area (Å²) < 4.78 is 20.8. The van der Waals surface area contributed by atoms with Crippen LogP contribution >= 0.6 is 34.2 Å². The maximum atomic E-state index is 14.5. The molecule has 3 aromatic carbocycles. The molecule has 236 valence electrons. The van der Waals surface area contributed by atoms with Gasteiger partial charge in [-0.25, -0.2) is 9.29 Å². The molecule has 6 unspecified atom stereocenters. The van der Waals surface area contributed by atoms with Gasteiger partial charge in [-0.3, -0.25) is 24.1 Å². The van der Waals surface area contributed by atoms with Crippen molar-refractivity contribution in [1.29, 1.82) is 0 Å². The molecule has 2 saturated heterocycles. The van der Waals surface area contributed by atoms with E-state index >= 15 is 0 Å². The molecule has 2 aliphatic heterocycles. The Labute approximate surface area is 283 Å². The van der Waals surface area contributed by atoms with Gasteiger partial charge in [0.1, 0.15) is 5.82 Å². The Bertz CT molecular complexity index is 1860. The Balaban J connectivity index is 1.37. The van der Waals surface area contributed by atoms with E-state index in [-0.39, 0.29) is 47.1 Å². The zero-order chi connectivity index (χ0) is 32.7. The molecule has 3 fully saturated rings. The van der Waals surface area contributed by atoms with Crippen LogP contribution in [0.2, 0.25) is 5.02 Å². The number of rotatable bonds is 5. The Kier molecular flexibility index (Phi) is 7.51. The van der Waals surface area contributed by atoms with Crippen LogP contribution in [-0.2, 0) is 19.2 Å². The summed E-state index contributed by atoms with van der Waals surface area (Å²) in [7, 11) is 0. The van der Waals surface area contributed by atoms with Crippen molar-refractivity contribution in [3.05, 3.63) is 92.3 Å². The Hall–Kier alpha value is -3.77. The number of halogens is 3. The topological polar surface area (TPSA) is 104 Å². The van der Waals surface area contributed by atoms with E-state index in [1.54, 1.807) is 38.1 Å². The summed E-state index contributed by atoms with van der Waals surface area (Å²) >= 11 is 8.24. The van der Waals surface area contributed by atoms with Crippen LogP contribution in [-0.4, -0.2) is 35.3 Å². The average molecular weight is 755 g/mol. The zero-order valence-electron chi connectivity index (χ0n) is 24.9. The van der Waals surface area contributed by atoms with Crippen LogP contribution in [0.25, 0.3) is 0 Å². The number of hydrogen-bond donors (Lipinski definition) is 1. The maximum Gasteiger partial charge on any atom is 0.241 e. The van der Waals surface area contributed by atoms with E-state index in [1.807, 2.05) is 18.2 Å². The van der Waals surface area contributed by atoms with Gasteiger partial charge in [0.05, 0.1) is 46.2 Å². The van der Waals surface area contributed by atoms with Gasteiger partial charge >= 0.3 is 0 Å². The first-order chi connectivity index (χ1) is 22.0. The number of ether oxygens (including phenoxy) is 1. The highest BCUT2D eigenvalue weighted by molar-refractivity contribution is 14.1. The highest BCUT2D eigenvalue weighted by Crippen LogP contribution is 2.64. The lowest BCUT2D eigenvalue weighted by molar-refractivity contribution is -0.131. The summed E-state index contributed by atoms with van der Waals surface area (Å²) in [6.45, 7) is 3.83. The summed E-state index contributed by atoms with van der Waals surface area (Å²) in [6.07, 6.45) is 2.43. The minimum absolute atomic E-state index is 0.0708. The number of aromatic hydroxyl groups is 1. The molecule has 3 aromatic rings. The normalized spacial score (nSPS) is 28.6. The fraction of sp³-hybridized carbons (Fsp3) is 0.314. The summed E-state index contributed by atoms with van der Waals surface area (Å²) in [5.74, 6) is -5.47. The van der Waals surface area contributed by atoms with Crippen LogP contribution in [0.4, 0.5) is 15.8 Å². The maximum absolute atomic E-state index is 14.5. The van der Waals surface area contributed by atoms with Crippen molar-refractivity contribution in [2.75, 3.05) is 16.4 Å². The van der Waals surface area contributed by atoms with Gasteiger partial charge in [-0.1, -0.05) is 29.3 Å². The molecule has 0 spiro atoms. The minimum atomic E-state index is -1.31. The van der Waals surface area contributed by atoms with E-state index in [0.29, 0.717) is 17.7 Å². The lowest BCUT2D eigenvalue weighted by Crippen LogP contribution is -2.48. The van der Waals surface area contributed by atoms with Crippen molar-refractivity contribution in [1.82, 2.24) is 0 Å². The molecule has 4 amide bonds. The summed E-state index contributed by atoms with van der Waals surface area (Å²) in [5, 5.41) is 10.3. The van der Waals surface area contributed by atoms with Crippen molar-refractivity contribution >= 4 is 69.2 Å². The first kappa shape index (κ1) is 30.9. The zero-order valence-corrected chi connectivity index (χ0v) is 27.8. The molecular weight excluding hydrogens is 726 g/mol. The molecule has 2 heterocycles. The molecule has 1 saturated carbocycles. The molecule has 0 bridgehead atoms. The van der Waals surface area contributed by atoms with Crippen molar-refractivity contribution in [2.45, 2.75) is 32.6 Å². The van der Waals surface area contributed by atoms with Crippen LogP contribution in [0.15, 0.2) is 72.3 Å². The van der Waals surface area contributed by atoms with Crippen molar-refractivity contribution in [3.8, 4) is 11.5 Å². The molecule has 0 aromatic heterocycles. The number of hydrogen-bond acceptors (Lipinski definition) is 6. The molecular formula is C35H29ClFIN2O6. The van der Waals surface area contributed by atoms with Gasteiger partial charge in [0, 0.05) is 9.49 Å². The van der Waals surface area contributed by atoms with Crippen LogP contribution in [0, 0.1) is 38.5 Å². The van der Waals surface area contributed by atoms with E-state index in [9.17, 15) is 28.7 Å². The van der Waals surface area contributed by atoms with E-state index in [4.69, 9.17) is 16.3 Å². The quantitative estimate of drug-likeness (QED) is 0.179. The molecule has 7 rings (SSSR count). The molecule has 2 aliphatic carbocycles. The van der Waals surface area contributed by atoms with E-state index in [0.717, 1.165) is 20.1 Å². The lowest BCUT2D eigenvalue weighted by Gasteiger charge is -2.49. The second-order valence-electron chi connectivity index (χ2n) is 12.4. The number of benzene rings is 3. The number of carbonyl (C=O) groups is 4. The van der Waals surface area contributed by atoms with Crippen LogP contribution in [0.3, 0.4) is 0 Å². The number of phenols is 1. The third kappa shape index (κ3) is 4.43. The van der Waals surface area contributed by atoms with Crippen molar-refractivity contribution < 1.29 is 33.4 Å². The number of carbonyl (C=O) groups excluding carboxylic acids is 4. The van der Waals surface area contributed by atoms with Gasteiger partial charge in [-0.05, 0) is 115 Å². The molecule has 1 N–H and O–H groups in total. The highest BCUT2D eigenvalue weighted by Gasteiger charge is 2.67. The highest BCUT2D eigenvalue weighted by atomic mass is 127. The Morgan fingerprint density at radius 3 is 2.37 bits per heavy atom. The lowest BCUT2D eigenvalue weighted by atomic mass is 9.51. The average Bonchev–Trinajstić information content (AvgIpc) is 3.40. The number of fused-ring (bicyclic) bond motifs is 4. The second-order valence-corrected chi connectivity index (χ2v) is 14.1. The van der Waals surface area contributed by atoms with Crippen LogP contribution in [0.5, 0.6) is 11.5 Å². The van der Waals surface area contributed by atoms with Gasteiger partial charge in [-0.2, -0.15) is 0 Å². The fourth-order valence-corrected chi connectivity index (χ4v) is 8.63. The number of amides is 4. The monoisotopic (exact) mass is 754 g/mol. The van der Waals surface area contributed by atoms with Crippen LogP contribution < -0.4 is 14.5 Å². The molecule has 8 nitrogen and oxygen atoms in total. The third-order valence-corrected chi connectivity index (χ3v) is 11.1. The summed E-state index contributed by atoms with van der Waals surface area (Å²) in [5.41, 5.74) is 0.779. The van der Waals surface area contributed by atoms with E-state index in [1.165, 1.54) is 23.1 Å². The smallest absolute Gasteiger partial charge is 0.241 e. The molecule has 46 heavy (non-hydrogen) atoms. The summed E-state index contributed by atoms with van der Waals surface area (Å²) in [4.78, 5) is 59.2. The van der Waals surface area contributed by atoms with E-state index < -0.39 is 52.6 Å². The van der Waals surface area contributed by atoms with Crippen molar-refractivity contribution in [3.63, 3.8) is 0 Å². The largest absolute Gasteiger partial charge is 0.504 e. The van der Waals surface area contributed by atoms with Gasteiger partial charge in [0.25, 0.3) is 0 Å². The van der Waals surface area contributed by atoms with Crippen LogP contribution in [0.1, 0.15) is 38.2 Å². The van der Waals surface area contributed by atoms with Gasteiger partial charge in [0.15, 0.2) is 11.5 Å². The number of imide groups is 2. The third-order valence-electron chi connectivity index (χ3n) is 10.1. The first-order valence-corrected chi connectivity index (χ1v) is 16.6. The fourth-order valence-electron chi connectivity index (χ4n) is 8.09. The van der Waals surface area contributed by atoms with Crippen molar-refractivity contribution in [2.24, 2.45) is 29.1 Å². The summed E-state index contributed by atoms with van der Waals surface area (Å²) in [6, 6.07) is 15.8. The standard InChI is InChI=1S/C35H29ClFIN2O6/c1-3-46-28-14-17(4-13-27(28)41)30-21-10-11-22-29(33(44)39(31(22)42)19-7-5-18(38)6-8-19)23(21)16-24-32(43)40(34(45)35(24,30)2)20-9-12-26(37)25(36)15-20/h4-10,12-15,22-24,29-30,41H,3,11,16H2,1-2H3. The Morgan fingerprint density at radius 2 is 1.67 bits per heavy atom. The van der Waals surface area contributed by atoms with E-state index in [2.05, 4.69) is 22.6 Å². The van der Waals surface area contributed by atoms with Gasteiger partial charge in [-0.15, -0.1) is 0 Å². The molecule has 11 heteroatoms. The predicted octanol–water partition coefficient (Wildman–Crippen LogP) is 6.62. The number of allylic oxidation sites excluding steroid dienone is 2. The first-order valence-electron chi connectivity index (χ1n) is 15.1. The molecule has 0 radical (unpaired) electrons. The number of anilines is 2. The molecule has 6 atom stereocenters. The molecule has 4 aliphatic rings. The van der Waals surface area contributed by atoms with Gasteiger partial charge in [0.2, 0.25) is 23.6 Å². The second kappa shape index (κ2) is 11.2.